The van der Waals surface area contributed by atoms with Crippen molar-refractivity contribution in [3.8, 4) is 0 Å². The van der Waals surface area contributed by atoms with Gasteiger partial charge in [0.15, 0.2) is 6.04 Å². The number of carbonyl (C=O) groups is 1. The van der Waals surface area contributed by atoms with E-state index in [1.807, 2.05) is 18.2 Å². The Labute approximate surface area is 99.0 Å². The van der Waals surface area contributed by atoms with Crippen molar-refractivity contribution >= 4 is 18.4 Å². The molecule has 1 N–H and O–H groups in total. The van der Waals surface area contributed by atoms with Gasteiger partial charge in [-0.3, -0.25) is 0 Å². The van der Waals surface area contributed by atoms with Crippen LogP contribution in [0.4, 0.5) is 0 Å². The number of carboxylic acids is 1. The van der Waals surface area contributed by atoms with Gasteiger partial charge in [-0.05, 0) is 5.56 Å². The average molecular weight is 239 g/mol. The van der Waals surface area contributed by atoms with Crippen molar-refractivity contribution in [2.24, 2.45) is 0 Å². The molecular weight excluding hydrogens is 228 g/mol. The summed E-state index contributed by atoms with van der Waals surface area (Å²) < 4.78 is 1.57. The van der Waals surface area contributed by atoms with Gasteiger partial charge in [0, 0.05) is 12.4 Å². The summed E-state index contributed by atoms with van der Waals surface area (Å²) in [5.74, 6) is -0.890. The summed E-state index contributed by atoms with van der Waals surface area (Å²) in [6, 6.07) is 8.38. The minimum atomic E-state index is -0.890. The molecule has 2 rings (SSSR count). The minimum Gasteiger partial charge on any atom is -0.479 e. The van der Waals surface area contributed by atoms with Crippen molar-refractivity contribution in [2.75, 3.05) is 0 Å². The average Bonchev–Trinajstić information content (AvgIpc) is 2.72. The second kappa shape index (κ2) is 5.32. The van der Waals surface area contributed by atoms with E-state index in [1.165, 1.54) is 6.33 Å². The van der Waals surface area contributed by atoms with Crippen LogP contribution in [0.2, 0.25) is 0 Å². The Morgan fingerprint density at radius 1 is 1.31 bits per heavy atom. The van der Waals surface area contributed by atoms with E-state index in [1.54, 1.807) is 29.1 Å². The van der Waals surface area contributed by atoms with Crippen LogP contribution in [0.1, 0.15) is 11.6 Å². The third-order valence-electron chi connectivity index (χ3n) is 2.17. The molecule has 0 fully saturated rings. The highest BCUT2D eigenvalue weighted by Gasteiger charge is 2.20. The van der Waals surface area contributed by atoms with Crippen molar-refractivity contribution in [1.82, 2.24) is 9.55 Å². The van der Waals surface area contributed by atoms with E-state index < -0.39 is 12.0 Å². The Morgan fingerprint density at radius 2 is 2.00 bits per heavy atom. The van der Waals surface area contributed by atoms with E-state index in [9.17, 15) is 4.79 Å². The third-order valence-corrected chi connectivity index (χ3v) is 2.17. The van der Waals surface area contributed by atoms with Crippen LogP contribution in [0.25, 0.3) is 0 Å². The van der Waals surface area contributed by atoms with Gasteiger partial charge in [0.2, 0.25) is 0 Å². The topological polar surface area (TPSA) is 55.1 Å². The molecule has 0 aliphatic carbocycles. The summed E-state index contributed by atoms with van der Waals surface area (Å²) in [6.45, 7) is 0. The van der Waals surface area contributed by atoms with Gasteiger partial charge in [-0.25, -0.2) is 9.78 Å². The predicted molar refractivity (Wildman–Crippen MR) is 61.7 cm³/mol. The first-order valence-corrected chi connectivity index (χ1v) is 4.54. The zero-order valence-electron chi connectivity index (χ0n) is 8.35. The molecule has 1 unspecified atom stereocenters. The number of aliphatic carboxylic acids is 1. The van der Waals surface area contributed by atoms with Crippen LogP contribution >= 0.6 is 12.4 Å². The molecule has 0 saturated carbocycles. The molecule has 1 atom stereocenters. The van der Waals surface area contributed by atoms with Gasteiger partial charge < -0.3 is 9.67 Å². The summed E-state index contributed by atoms with van der Waals surface area (Å²) in [6.07, 6.45) is 4.72. The van der Waals surface area contributed by atoms with E-state index in [2.05, 4.69) is 4.98 Å². The molecule has 0 amide bonds. The number of rotatable bonds is 3. The fourth-order valence-corrected chi connectivity index (χ4v) is 1.50. The molecule has 1 aromatic heterocycles. The molecule has 0 aliphatic heterocycles. The lowest BCUT2D eigenvalue weighted by Gasteiger charge is -2.13. The van der Waals surface area contributed by atoms with E-state index in [-0.39, 0.29) is 12.4 Å². The van der Waals surface area contributed by atoms with E-state index in [0.29, 0.717) is 0 Å². The molecule has 0 aliphatic rings. The second-order valence-electron chi connectivity index (χ2n) is 3.16. The first-order valence-electron chi connectivity index (χ1n) is 4.54. The quantitative estimate of drug-likeness (QED) is 0.890. The van der Waals surface area contributed by atoms with Crippen molar-refractivity contribution < 1.29 is 9.90 Å². The fraction of sp³-hybridized carbons (Fsp3) is 0.0909. The highest BCUT2D eigenvalue weighted by Crippen LogP contribution is 2.17. The summed E-state index contributed by atoms with van der Waals surface area (Å²) >= 11 is 0. The maximum absolute atomic E-state index is 11.1. The summed E-state index contributed by atoms with van der Waals surface area (Å²) in [7, 11) is 0. The summed E-state index contributed by atoms with van der Waals surface area (Å²) in [5.41, 5.74) is 0.739. The highest BCUT2D eigenvalue weighted by atomic mass is 35.5. The zero-order chi connectivity index (χ0) is 10.7. The molecule has 1 aromatic carbocycles. The number of carboxylic acid groups (broad SMARTS) is 1. The van der Waals surface area contributed by atoms with Gasteiger partial charge in [-0.2, -0.15) is 0 Å². The van der Waals surface area contributed by atoms with Crippen LogP contribution in [-0.4, -0.2) is 20.6 Å². The monoisotopic (exact) mass is 238 g/mol. The molecule has 84 valence electrons. The summed E-state index contributed by atoms with van der Waals surface area (Å²) in [4.78, 5) is 15.0. The lowest BCUT2D eigenvalue weighted by Crippen LogP contribution is -2.18. The van der Waals surface area contributed by atoms with E-state index in [0.717, 1.165) is 5.56 Å². The fourth-order valence-electron chi connectivity index (χ4n) is 1.50. The second-order valence-corrected chi connectivity index (χ2v) is 3.16. The molecule has 0 bridgehead atoms. The van der Waals surface area contributed by atoms with Crippen LogP contribution in [0.5, 0.6) is 0 Å². The predicted octanol–water partition coefficient (Wildman–Crippen LogP) is 1.98. The molecule has 16 heavy (non-hydrogen) atoms. The van der Waals surface area contributed by atoms with Crippen LogP contribution in [0.15, 0.2) is 49.1 Å². The third kappa shape index (κ3) is 2.41. The Bertz CT molecular complexity index is 442. The van der Waals surface area contributed by atoms with Crippen LogP contribution in [0, 0.1) is 0 Å². The number of hydrogen-bond donors (Lipinski definition) is 1. The molecule has 0 spiro atoms. The molecule has 0 radical (unpaired) electrons. The smallest absolute Gasteiger partial charge is 0.331 e. The summed E-state index contributed by atoms with van der Waals surface area (Å²) in [5, 5.41) is 9.15. The maximum Gasteiger partial charge on any atom is 0.331 e. The van der Waals surface area contributed by atoms with Crippen molar-refractivity contribution in [3.63, 3.8) is 0 Å². The Kier molecular flexibility index (Phi) is 4.08. The van der Waals surface area contributed by atoms with Gasteiger partial charge >= 0.3 is 5.97 Å². The number of halogens is 1. The molecule has 0 saturated heterocycles. The largest absolute Gasteiger partial charge is 0.479 e. The standard InChI is InChI=1S/C11H10N2O2.ClH/c14-11(15)10(13-7-6-12-8-13)9-4-2-1-3-5-9;/h1-8,10H,(H,14,15);1H. The van der Waals surface area contributed by atoms with Gasteiger partial charge in [-0.15, -0.1) is 12.4 Å². The highest BCUT2D eigenvalue weighted by molar-refractivity contribution is 5.85. The van der Waals surface area contributed by atoms with Crippen LogP contribution < -0.4 is 0 Å². The van der Waals surface area contributed by atoms with Crippen molar-refractivity contribution in [1.29, 1.82) is 0 Å². The maximum atomic E-state index is 11.1. The van der Waals surface area contributed by atoms with E-state index >= 15 is 0 Å². The zero-order valence-corrected chi connectivity index (χ0v) is 9.17. The Hall–Kier alpha value is -1.81. The first-order chi connectivity index (χ1) is 7.29. The van der Waals surface area contributed by atoms with Gasteiger partial charge in [0.1, 0.15) is 0 Å². The van der Waals surface area contributed by atoms with Crippen molar-refractivity contribution in [2.45, 2.75) is 6.04 Å². The molecule has 5 heteroatoms. The normalized spacial score (nSPS) is 11.5. The lowest BCUT2D eigenvalue weighted by molar-refractivity contribution is -0.139. The minimum absolute atomic E-state index is 0. The first kappa shape index (κ1) is 12.3. The van der Waals surface area contributed by atoms with E-state index in [4.69, 9.17) is 5.11 Å². The van der Waals surface area contributed by atoms with Gasteiger partial charge in [0.05, 0.1) is 6.33 Å². The number of aromatic nitrogens is 2. The molecule has 1 heterocycles. The Morgan fingerprint density at radius 3 is 2.50 bits per heavy atom. The lowest BCUT2D eigenvalue weighted by atomic mass is 10.1. The number of benzene rings is 1. The van der Waals surface area contributed by atoms with Gasteiger partial charge in [-0.1, -0.05) is 30.3 Å². The van der Waals surface area contributed by atoms with Crippen LogP contribution in [0.3, 0.4) is 0 Å². The molecule has 4 nitrogen and oxygen atoms in total. The molecule has 2 aromatic rings. The van der Waals surface area contributed by atoms with Crippen LogP contribution in [-0.2, 0) is 4.79 Å². The Balaban J connectivity index is 0.00000128. The molecular formula is C11H11ClN2O2. The number of imidazole rings is 1. The van der Waals surface area contributed by atoms with Gasteiger partial charge in [0.25, 0.3) is 0 Å². The SMILES string of the molecule is Cl.O=C(O)C(c1ccccc1)n1ccnc1. The van der Waals surface area contributed by atoms with Crippen molar-refractivity contribution in [3.05, 3.63) is 54.6 Å². The number of hydrogen-bond acceptors (Lipinski definition) is 2. The number of nitrogens with zero attached hydrogens (tertiary/aromatic N) is 2.